The van der Waals surface area contributed by atoms with Gasteiger partial charge >= 0.3 is 22.4 Å². The van der Waals surface area contributed by atoms with Gasteiger partial charge in [0, 0.05) is 5.38 Å². The number of nitrogen functional groups attached to an aromatic ring is 1. The Kier molecular flexibility index (Phi) is 9.69. The maximum atomic E-state index is 13.4. The number of rotatable bonds is 12. The molecule has 2 heterocycles. The second-order valence-corrected chi connectivity index (χ2v) is 12.2. The number of thiazole rings is 1. The molecule has 1 fully saturated rings. The van der Waals surface area contributed by atoms with Crippen molar-refractivity contribution < 1.29 is 46.5 Å². The molecular formula is C27H28N6O10S2. The first kappa shape index (κ1) is 32.8. The van der Waals surface area contributed by atoms with Gasteiger partial charge < -0.3 is 31.1 Å². The van der Waals surface area contributed by atoms with Crippen LogP contribution in [0.4, 0.5) is 9.93 Å². The Hall–Kier alpha value is -5.07. The van der Waals surface area contributed by atoms with Gasteiger partial charge in [0.15, 0.2) is 16.9 Å². The van der Waals surface area contributed by atoms with Crippen molar-refractivity contribution in [3.63, 3.8) is 0 Å². The molecule has 2 aromatic carbocycles. The van der Waals surface area contributed by atoms with E-state index in [-0.39, 0.29) is 15.1 Å². The Labute approximate surface area is 260 Å². The monoisotopic (exact) mass is 660 g/mol. The van der Waals surface area contributed by atoms with E-state index >= 15 is 0 Å². The van der Waals surface area contributed by atoms with E-state index in [0.29, 0.717) is 11.1 Å². The molecule has 0 aliphatic carbocycles. The predicted octanol–water partition coefficient (Wildman–Crippen LogP) is 1.15. The van der Waals surface area contributed by atoms with Crippen molar-refractivity contribution in [2.45, 2.75) is 37.6 Å². The number of primary amides is 1. The first-order valence-electron chi connectivity index (χ1n) is 13.0. The zero-order chi connectivity index (χ0) is 32.9. The van der Waals surface area contributed by atoms with E-state index in [4.69, 9.17) is 21.0 Å². The van der Waals surface area contributed by atoms with E-state index in [2.05, 4.69) is 20.2 Å². The van der Waals surface area contributed by atoms with Crippen molar-refractivity contribution in [2.24, 2.45) is 10.9 Å². The third-order valence-electron chi connectivity index (χ3n) is 6.37. The van der Waals surface area contributed by atoms with Crippen LogP contribution in [0.2, 0.25) is 0 Å². The standard InChI is InChI=1S/C27H28N6O10S2/c1-27(2,24(36)42-21(15-9-5-3-6-10-15)16-11-7-4-8-12-16)43-32-19(17-14-44-25(28)30-17)22(34)31-20-18(13-41-26(29)37)33(23(20)35)45(38,39)40/h3-12,14,18,20-21H,13H2,1-2H3,(H2,28,30)(H2,29,37)(H,31,34)(H,38,39,40)/b32-19-/t18-,20+/m0/s1. The zero-order valence-electron chi connectivity index (χ0n) is 23.7. The number of nitrogens with two attached hydrogens (primary N) is 2. The summed E-state index contributed by atoms with van der Waals surface area (Å²) in [5.41, 5.74) is 9.60. The number of esters is 1. The molecule has 1 aliphatic rings. The number of carbonyl (C=O) groups is 4. The SMILES string of the molecule is CC(C)(O/N=C(\C(=O)N[C@H]1C(=O)N(S(=O)(=O)O)[C@H]1COC(N)=O)c1csc(N)n1)C(=O)OC(c1ccccc1)c1ccccc1. The van der Waals surface area contributed by atoms with Crippen LogP contribution >= 0.6 is 11.3 Å². The maximum Gasteiger partial charge on any atom is 0.404 e. The van der Waals surface area contributed by atoms with Gasteiger partial charge in [0.1, 0.15) is 24.4 Å². The van der Waals surface area contributed by atoms with Crippen LogP contribution in [0.5, 0.6) is 0 Å². The lowest BCUT2D eigenvalue weighted by Gasteiger charge is -2.43. The summed E-state index contributed by atoms with van der Waals surface area (Å²) in [5.74, 6) is -3.18. The first-order chi connectivity index (χ1) is 21.2. The third kappa shape index (κ3) is 7.72. The van der Waals surface area contributed by atoms with Crippen LogP contribution in [0.1, 0.15) is 36.8 Å². The summed E-state index contributed by atoms with van der Waals surface area (Å²) >= 11 is 0.948. The quantitative estimate of drug-likeness (QED) is 0.0703. The highest BCUT2D eigenvalue weighted by Gasteiger charge is 2.55. The third-order valence-corrected chi connectivity index (χ3v) is 7.99. The summed E-state index contributed by atoms with van der Waals surface area (Å²) in [7, 11) is -5.07. The molecule has 238 valence electrons. The van der Waals surface area contributed by atoms with Crippen LogP contribution in [-0.4, -0.2) is 76.1 Å². The molecule has 0 radical (unpaired) electrons. The topological polar surface area (TPSA) is 243 Å². The summed E-state index contributed by atoms with van der Waals surface area (Å²) < 4.78 is 43.2. The number of hydrogen-bond donors (Lipinski definition) is 4. The molecule has 1 aliphatic heterocycles. The molecule has 1 saturated heterocycles. The molecule has 3 amide bonds. The number of aromatic nitrogens is 1. The molecule has 45 heavy (non-hydrogen) atoms. The van der Waals surface area contributed by atoms with Crippen molar-refractivity contribution in [1.82, 2.24) is 14.6 Å². The lowest BCUT2D eigenvalue weighted by molar-refractivity contribution is -0.172. The molecule has 0 saturated carbocycles. The minimum absolute atomic E-state index is 0.0179. The second-order valence-electron chi connectivity index (χ2n) is 9.98. The summed E-state index contributed by atoms with van der Waals surface area (Å²) in [4.78, 5) is 59.9. The number of carbonyl (C=O) groups excluding carboxylic acids is 4. The van der Waals surface area contributed by atoms with Crippen molar-refractivity contribution in [3.8, 4) is 0 Å². The van der Waals surface area contributed by atoms with Crippen LogP contribution in [-0.2, 0) is 39.0 Å². The lowest BCUT2D eigenvalue weighted by atomic mass is 9.99. The molecule has 0 spiro atoms. The van der Waals surface area contributed by atoms with Gasteiger partial charge in [-0.2, -0.15) is 8.42 Å². The molecule has 18 heteroatoms. The highest BCUT2D eigenvalue weighted by atomic mass is 32.2. The van der Waals surface area contributed by atoms with Crippen molar-refractivity contribution in [1.29, 1.82) is 0 Å². The van der Waals surface area contributed by atoms with E-state index in [1.54, 1.807) is 48.5 Å². The normalized spacial score (nSPS) is 16.9. The van der Waals surface area contributed by atoms with Gasteiger partial charge in [0.25, 0.3) is 11.8 Å². The highest BCUT2D eigenvalue weighted by Crippen LogP contribution is 2.29. The largest absolute Gasteiger partial charge is 0.450 e. The summed E-state index contributed by atoms with van der Waals surface area (Å²) in [6.07, 6.45) is -2.10. The van der Waals surface area contributed by atoms with E-state index in [9.17, 15) is 32.1 Å². The number of amides is 3. The van der Waals surface area contributed by atoms with Gasteiger partial charge in [-0.15, -0.1) is 11.3 Å². The second kappa shape index (κ2) is 13.3. The minimum atomic E-state index is -5.07. The molecular weight excluding hydrogens is 632 g/mol. The van der Waals surface area contributed by atoms with Crippen LogP contribution in [0.3, 0.4) is 0 Å². The number of anilines is 1. The van der Waals surface area contributed by atoms with Crippen LogP contribution in [0, 0.1) is 0 Å². The van der Waals surface area contributed by atoms with E-state index in [0.717, 1.165) is 11.3 Å². The Balaban J connectivity index is 1.57. The summed E-state index contributed by atoms with van der Waals surface area (Å²) in [6.45, 7) is 1.93. The fourth-order valence-electron chi connectivity index (χ4n) is 4.13. The summed E-state index contributed by atoms with van der Waals surface area (Å²) in [6, 6.07) is 14.8. The number of ether oxygens (including phenoxy) is 2. The van der Waals surface area contributed by atoms with Gasteiger partial charge in [-0.05, 0) is 25.0 Å². The number of nitrogens with one attached hydrogen (secondary N) is 1. The Morgan fingerprint density at radius 1 is 1.11 bits per heavy atom. The molecule has 4 rings (SSSR count). The van der Waals surface area contributed by atoms with Crippen LogP contribution in [0.15, 0.2) is 71.2 Å². The smallest absolute Gasteiger partial charge is 0.404 e. The number of benzene rings is 2. The number of oxime groups is 1. The lowest BCUT2D eigenvalue weighted by Crippen LogP contribution is -2.73. The molecule has 0 unspecified atom stereocenters. The van der Waals surface area contributed by atoms with E-state index in [1.165, 1.54) is 19.2 Å². The molecule has 3 aromatic rings. The molecule has 6 N–H and O–H groups in total. The van der Waals surface area contributed by atoms with Crippen molar-refractivity contribution in [2.75, 3.05) is 12.3 Å². The average Bonchev–Trinajstić information content (AvgIpc) is 3.42. The van der Waals surface area contributed by atoms with Gasteiger partial charge in [0.2, 0.25) is 5.60 Å². The minimum Gasteiger partial charge on any atom is -0.450 e. The van der Waals surface area contributed by atoms with Gasteiger partial charge in [-0.1, -0.05) is 65.8 Å². The van der Waals surface area contributed by atoms with E-state index < -0.39 is 70.3 Å². The predicted molar refractivity (Wildman–Crippen MR) is 159 cm³/mol. The van der Waals surface area contributed by atoms with Gasteiger partial charge in [-0.3, -0.25) is 14.1 Å². The van der Waals surface area contributed by atoms with Crippen LogP contribution in [0.25, 0.3) is 0 Å². The van der Waals surface area contributed by atoms with E-state index in [1.807, 2.05) is 12.1 Å². The van der Waals surface area contributed by atoms with Gasteiger partial charge in [0.05, 0.1) is 0 Å². The summed E-state index contributed by atoms with van der Waals surface area (Å²) in [5, 5.41) is 7.50. The van der Waals surface area contributed by atoms with Crippen molar-refractivity contribution >= 4 is 56.4 Å². The highest BCUT2D eigenvalue weighted by molar-refractivity contribution is 7.84. The molecule has 1 aromatic heterocycles. The van der Waals surface area contributed by atoms with Crippen LogP contribution < -0.4 is 16.8 Å². The van der Waals surface area contributed by atoms with Gasteiger partial charge in [-0.25, -0.2) is 18.9 Å². The van der Waals surface area contributed by atoms with Crippen molar-refractivity contribution in [3.05, 3.63) is 82.9 Å². The molecule has 16 nitrogen and oxygen atoms in total. The Morgan fingerprint density at radius 3 is 2.18 bits per heavy atom. The zero-order valence-corrected chi connectivity index (χ0v) is 25.4. The Bertz CT molecular complexity index is 1670. The fourth-order valence-corrected chi connectivity index (χ4v) is 5.55. The molecule has 2 atom stereocenters. The molecule has 0 bridgehead atoms. The number of β-lactam (4-membered cyclic amide) rings is 1. The maximum absolute atomic E-state index is 13.4. The number of nitrogens with zero attached hydrogens (tertiary/aromatic N) is 3. The number of hydrogen-bond acceptors (Lipinski definition) is 13. The first-order valence-corrected chi connectivity index (χ1v) is 15.3. The Morgan fingerprint density at radius 2 is 1.69 bits per heavy atom. The average molecular weight is 661 g/mol. The fraction of sp³-hybridized carbons (Fsp3) is 0.259.